The number of nitrogens with zero attached hydrogens (tertiary/aromatic N) is 2. The highest BCUT2D eigenvalue weighted by molar-refractivity contribution is 7.15. The Labute approximate surface area is 107 Å². The normalized spacial score (nSPS) is 10.3. The molecule has 1 aromatic carbocycles. The minimum absolute atomic E-state index is 0.153. The van der Waals surface area contributed by atoms with Crippen molar-refractivity contribution >= 4 is 28.1 Å². The van der Waals surface area contributed by atoms with Crippen molar-refractivity contribution in [3.8, 4) is 0 Å². The molecule has 0 aliphatic carbocycles. The minimum Gasteiger partial charge on any atom is -0.399 e. The molecule has 0 bridgehead atoms. The van der Waals surface area contributed by atoms with Gasteiger partial charge < -0.3 is 5.73 Å². The van der Waals surface area contributed by atoms with Crippen molar-refractivity contribution < 1.29 is 9.18 Å². The van der Waals surface area contributed by atoms with Crippen LogP contribution in [0.3, 0.4) is 0 Å². The van der Waals surface area contributed by atoms with Crippen molar-refractivity contribution in [2.45, 2.75) is 13.3 Å². The van der Waals surface area contributed by atoms with Gasteiger partial charge in [-0.2, -0.15) is 0 Å². The van der Waals surface area contributed by atoms with Crippen molar-refractivity contribution in [3.05, 3.63) is 34.6 Å². The first-order valence-electron chi connectivity index (χ1n) is 5.28. The minimum atomic E-state index is -0.549. The van der Waals surface area contributed by atoms with Gasteiger partial charge in [0.1, 0.15) is 10.8 Å². The quantitative estimate of drug-likeness (QED) is 0.833. The zero-order valence-electron chi connectivity index (χ0n) is 9.61. The first kappa shape index (κ1) is 12.4. The summed E-state index contributed by atoms with van der Waals surface area (Å²) in [4.78, 5) is 11.8. The summed E-state index contributed by atoms with van der Waals surface area (Å²) in [6.45, 7) is 1.94. The number of carbonyl (C=O) groups excluding carboxylic acids is 1. The molecule has 1 aromatic heterocycles. The Morgan fingerprint density at radius 3 is 2.83 bits per heavy atom. The van der Waals surface area contributed by atoms with E-state index in [9.17, 15) is 9.18 Å². The summed E-state index contributed by atoms with van der Waals surface area (Å²) in [5, 5.41) is 11.4. The molecule has 0 radical (unpaired) electrons. The Morgan fingerprint density at radius 2 is 2.22 bits per heavy atom. The van der Waals surface area contributed by atoms with E-state index < -0.39 is 11.7 Å². The second-order valence-electron chi connectivity index (χ2n) is 3.58. The Morgan fingerprint density at radius 1 is 1.44 bits per heavy atom. The van der Waals surface area contributed by atoms with Crippen LogP contribution in [0, 0.1) is 5.82 Å². The lowest BCUT2D eigenvalue weighted by molar-refractivity contribution is 0.102. The van der Waals surface area contributed by atoms with Crippen LogP contribution < -0.4 is 11.1 Å². The number of amides is 1. The predicted molar refractivity (Wildman–Crippen MR) is 68.1 cm³/mol. The molecule has 0 saturated heterocycles. The van der Waals surface area contributed by atoms with Crippen molar-refractivity contribution in [2.24, 2.45) is 0 Å². The summed E-state index contributed by atoms with van der Waals surface area (Å²) in [7, 11) is 0. The van der Waals surface area contributed by atoms with Crippen LogP contribution in [-0.2, 0) is 6.42 Å². The summed E-state index contributed by atoms with van der Waals surface area (Å²) >= 11 is 1.29. The van der Waals surface area contributed by atoms with Gasteiger partial charge >= 0.3 is 0 Å². The van der Waals surface area contributed by atoms with E-state index in [1.54, 1.807) is 0 Å². The molecule has 0 aliphatic heterocycles. The molecule has 1 heterocycles. The van der Waals surface area contributed by atoms with Crippen LogP contribution in [0.1, 0.15) is 22.3 Å². The van der Waals surface area contributed by atoms with Crippen LogP contribution in [0.25, 0.3) is 0 Å². The summed E-state index contributed by atoms with van der Waals surface area (Å²) in [6, 6.07) is 3.67. The van der Waals surface area contributed by atoms with Gasteiger partial charge in [-0.1, -0.05) is 18.3 Å². The molecular formula is C11H11FN4OS. The van der Waals surface area contributed by atoms with E-state index in [-0.39, 0.29) is 11.3 Å². The fraction of sp³-hybridized carbons (Fsp3) is 0.182. The number of carbonyl (C=O) groups is 1. The first-order valence-corrected chi connectivity index (χ1v) is 6.10. The van der Waals surface area contributed by atoms with Gasteiger partial charge in [0.25, 0.3) is 5.91 Å². The maximum atomic E-state index is 13.1. The van der Waals surface area contributed by atoms with Crippen LogP contribution in [-0.4, -0.2) is 16.1 Å². The number of aromatic nitrogens is 2. The summed E-state index contributed by atoms with van der Waals surface area (Å²) in [6.07, 6.45) is 0.750. The van der Waals surface area contributed by atoms with Gasteiger partial charge in [0.15, 0.2) is 0 Å². The summed E-state index contributed by atoms with van der Waals surface area (Å²) < 4.78 is 13.1. The Kier molecular flexibility index (Phi) is 3.52. The van der Waals surface area contributed by atoms with Crippen LogP contribution in [0.15, 0.2) is 18.2 Å². The summed E-state index contributed by atoms with van der Waals surface area (Å²) in [5.41, 5.74) is 5.82. The fourth-order valence-electron chi connectivity index (χ4n) is 1.36. The smallest absolute Gasteiger partial charge is 0.257 e. The molecule has 2 aromatic rings. The molecule has 0 atom stereocenters. The lowest BCUT2D eigenvalue weighted by atomic mass is 10.2. The maximum Gasteiger partial charge on any atom is 0.257 e. The first-order chi connectivity index (χ1) is 8.58. The standard InChI is InChI=1S/C11H11FN4OS/c1-2-9-15-16-11(18-9)14-10(17)6-3-7(12)5-8(13)4-6/h3-5H,2,13H2,1H3,(H,14,16,17). The van der Waals surface area contributed by atoms with Crippen LogP contribution >= 0.6 is 11.3 Å². The van der Waals surface area contributed by atoms with Gasteiger partial charge in [-0.25, -0.2) is 4.39 Å². The van der Waals surface area contributed by atoms with Gasteiger partial charge in [-0.15, -0.1) is 10.2 Å². The second kappa shape index (κ2) is 5.09. The van der Waals surface area contributed by atoms with E-state index in [2.05, 4.69) is 15.5 Å². The lowest BCUT2D eigenvalue weighted by Crippen LogP contribution is -2.12. The van der Waals surface area contributed by atoms with Crippen LogP contribution in [0.4, 0.5) is 15.2 Å². The van der Waals surface area contributed by atoms with E-state index in [0.717, 1.165) is 23.6 Å². The molecular weight excluding hydrogens is 255 g/mol. The molecule has 0 spiro atoms. The van der Waals surface area contributed by atoms with Gasteiger partial charge in [0, 0.05) is 11.3 Å². The number of hydrogen-bond donors (Lipinski definition) is 2. The Balaban J connectivity index is 2.16. The zero-order chi connectivity index (χ0) is 13.1. The Hall–Kier alpha value is -2.02. The van der Waals surface area contributed by atoms with E-state index >= 15 is 0 Å². The van der Waals surface area contributed by atoms with Crippen molar-refractivity contribution in [1.29, 1.82) is 0 Å². The highest BCUT2D eigenvalue weighted by atomic mass is 32.1. The van der Waals surface area contributed by atoms with Crippen molar-refractivity contribution in [2.75, 3.05) is 11.1 Å². The molecule has 3 N–H and O–H groups in total. The van der Waals surface area contributed by atoms with Gasteiger partial charge in [0.05, 0.1) is 0 Å². The number of nitrogens with two attached hydrogens (primary N) is 1. The summed E-state index contributed by atoms with van der Waals surface area (Å²) in [5.74, 6) is -1.01. The van der Waals surface area contributed by atoms with Crippen molar-refractivity contribution in [3.63, 3.8) is 0 Å². The molecule has 0 aliphatic rings. The number of halogens is 1. The third kappa shape index (κ3) is 2.80. The maximum absolute atomic E-state index is 13.1. The van der Waals surface area contributed by atoms with Gasteiger partial charge in [-0.3, -0.25) is 10.1 Å². The Bertz CT molecular complexity index is 564. The number of hydrogen-bond acceptors (Lipinski definition) is 5. The third-order valence-electron chi connectivity index (χ3n) is 2.17. The average molecular weight is 266 g/mol. The highest BCUT2D eigenvalue weighted by Crippen LogP contribution is 2.17. The van der Waals surface area contributed by atoms with Gasteiger partial charge in [0.2, 0.25) is 5.13 Å². The third-order valence-corrected chi connectivity index (χ3v) is 3.16. The van der Waals surface area contributed by atoms with E-state index in [4.69, 9.17) is 5.73 Å². The van der Waals surface area contributed by atoms with E-state index in [1.807, 2.05) is 6.92 Å². The molecule has 7 heteroatoms. The zero-order valence-corrected chi connectivity index (χ0v) is 10.4. The van der Waals surface area contributed by atoms with E-state index in [0.29, 0.717) is 5.13 Å². The molecule has 1 amide bonds. The molecule has 94 valence electrons. The van der Waals surface area contributed by atoms with E-state index in [1.165, 1.54) is 17.4 Å². The van der Waals surface area contributed by atoms with Crippen LogP contribution in [0.5, 0.6) is 0 Å². The number of anilines is 2. The number of benzene rings is 1. The molecule has 0 unspecified atom stereocenters. The molecule has 18 heavy (non-hydrogen) atoms. The highest BCUT2D eigenvalue weighted by Gasteiger charge is 2.11. The van der Waals surface area contributed by atoms with Gasteiger partial charge in [-0.05, 0) is 24.6 Å². The lowest BCUT2D eigenvalue weighted by Gasteiger charge is -2.02. The number of nitrogen functional groups attached to an aromatic ring is 1. The molecule has 0 fully saturated rings. The molecule has 2 rings (SSSR count). The largest absolute Gasteiger partial charge is 0.399 e. The second-order valence-corrected chi connectivity index (χ2v) is 4.64. The predicted octanol–water partition coefficient (Wildman–Crippen LogP) is 2.07. The van der Waals surface area contributed by atoms with Crippen LogP contribution in [0.2, 0.25) is 0 Å². The fourth-order valence-corrected chi connectivity index (χ4v) is 2.03. The monoisotopic (exact) mass is 266 g/mol. The molecule has 5 nitrogen and oxygen atoms in total. The number of nitrogens with one attached hydrogen (secondary N) is 1. The SMILES string of the molecule is CCc1nnc(NC(=O)c2cc(N)cc(F)c2)s1. The number of rotatable bonds is 3. The average Bonchev–Trinajstić information content (AvgIpc) is 2.75. The topological polar surface area (TPSA) is 80.9 Å². The molecule has 0 saturated carbocycles. The van der Waals surface area contributed by atoms with Crippen molar-refractivity contribution in [1.82, 2.24) is 10.2 Å². The number of aryl methyl sites for hydroxylation is 1.